The molecule has 1 amide bonds. The van der Waals surface area contributed by atoms with E-state index in [1.54, 1.807) is 7.11 Å². The molecule has 6 heteroatoms. The van der Waals surface area contributed by atoms with E-state index in [1.165, 1.54) is 103 Å². The van der Waals surface area contributed by atoms with Gasteiger partial charge in [0.2, 0.25) is 0 Å². The Bertz CT molecular complexity index is 1150. The summed E-state index contributed by atoms with van der Waals surface area (Å²) in [6.45, 7) is 11.7. The molecule has 1 N–H and O–H groups in total. The van der Waals surface area contributed by atoms with E-state index in [4.69, 9.17) is 4.74 Å². The number of rotatable bonds is 26. The molecule has 264 valence electrons. The molecule has 0 aliphatic rings. The zero-order chi connectivity index (χ0) is 34.3. The van der Waals surface area contributed by atoms with Crippen molar-refractivity contribution in [3.05, 3.63) is 46.5 Å². The average Bonchev–Trinajstić information content (AvgIpc) is 3.08. The van der Waals surface area contributed by atoms with Crippen LogP contribution in [0.15, 0.2) is 34.5 Å². The van der Waals surface area contributed by atoms with Crippen LogP contribution in [0.4, 0.5) is 11.4 Å². The normalized spacial score (nSPS) is 11.4. The number of carbonyl (C=O) groups is 1. The van der Waals surface area contributed by atoms with Gasteiger partial charge in [0.15, 0.2) is 0 Å². The van der Waals surface area contributed by atoms with Gasteiger partial charge in [0, 0.05) is 13.1 Å². The van der Waals surface area contributed by atoms with Crippen molar-refractivity contribution in [2.45, 2.75) is 163 Å². The average molecular weight is 650 g/mol. The molecule has 0 saturated carbocycles. The van der Waals surface area contributed by atoms with Crippen LogP contribution in [-0.2, 0) is 0 Å². The van der Waals surface area contributed by atoms with E-state index in [0.29, 0.717) is 28.1 Å². The zero-order valence-electron chi connectivity index (χ0n) is 31.0. The van der Waals surface area contributed by atoms with Crippen LogP contribution in [0.3, 0.4) is 0 Å². The van der Waals surface area contributed by atoms with E-state index >= 15 is 0 Å². The lowest BCUT2D eigenvalue weighted by atomic mass is 9.95. The summed E-state index contributed by atoms with van der Waals surface area (Å²) in [4.78, 5) is 16.2. The third-order valence-corrected chi connectivity index (χ3v) is 9.64. The van der Waals surface area contributed by atoms with Gasteiger partial charge in [0.1, 0.15) is 11.5 Å². The predicted octanol–water partition coefficient (Wildman–Crippen LogP) is 13.0. The number of carbonyl (C=O) groups excluding carboxylic acids is 1. The molecule has 0 saturated heterocycles. The summed E-state index contributed by atoms with van der Waals surface area (Å²) in [7, 11) is 1.64. The topological polar surface area (TPSA) is 74.5 Å². The number of phenolic OH excluding ortho intramolecular Hbond substituents is 1. The van der Waals surface area contributed by atoms with Crippen LogP contribution >= 0.6 is 0 Å². The minimum atomic E-state index is -0.0872. The van der Waals surface area contributed by atoms with Gasteiger partial charge in [-0.2, -0.15) is 5.11 Å². The Morgan fingerprint density at radius 2 is 1.04 bits per heavy atom. The van der Waals surface area contributed by atoms with E-state index in [0.717, 1.165) is 50.1 Å². The highest BCUT2D eigenvalue weighted by Crippen LogP contribution is 2.39. The third-order valence-electron chi connectivity index (χ3n) is 9.64. The lowest BCUT2D eigenvalue weighted by Gasteiger charge is -2.25. The summed E-state index contributed by atoms with van der Waals surface area (Å²) >= 11 is 0. The van der Waals surface area contributed by atoms with Gasteiger partial charge < -0.3 is 14.7 Å². The first-order chi connectivity index (χ1) is 22.8. The fraction of sp³-hybridized carbons (Fsp3) is 0.683. The molecule has 0 heterocycles. The molecule has 47 heavy (non-hydrogen) atoms. The number of methoxy groups -OCH3 is 1. The van der Waals surface area contributed by atoms with Crippen molar-refractivity contribution in [2.24, 2.45) is 10.2 Å². The highest BCUT2D eigenvalue weighted by molar-refractivity contribution is 6.00. The molecule has 2 aromatic carbocycles. The summed E-state index contributed by atoms with van der Waals surface area (Å²) in [5.74, 6) is 0.745. The first-order valence-corrected chi connectivity index (χ1v) is 19.0. The zero-order valence-corrected chi connectivity index (χ0v) is 31.0. The number of ether oxygens (including phenoxy) is 1. The van der Waals surface area contributed by atoms with Gasteiger partial charge in [0.25, 0.3) is 5.91 Å². The van der Waals surface area contributed by atoms with Crippen LogP contribution in [0.25, 0.3) is 0 Å². The SMILES string of the molecule is CCCCCCCCCCCCN(CCCCCCCCCCCC)C(=O)c1c(C)c(N=Nc2ccc(OC)cc2)c(C)c(C)c1O. The van der Waals surface area contributed by atoms with Crippen LogP contribution < -0.4 is 4.74 Å². The summed E-state index contributed by atoms with van der Waals surface area (Å²) < 4.78 is 5.26. The number of amides is 1. The van der Waals surface area contributed by atoms with Gasteiger partial charge in [-0.25, -0.2) is 0 Å². The molecule has 6 nitrogen and oxygen atoms in total. The number of nitrogens with zero attached hydrogens (tertiary/aromatic N) is 3. The quantitative estimate of drug-likeness (QED) is 0.0814. The van der Waals surface area contributed by atoms with Gasteiger partial charge in [-0.1, -0.05) is 129 Å². The molecule has 0 fully saturated rings. The van der Waals surface area contributed by atoms with E-state index in [2.05, 4.69) is 24.1 Å². The molecule has 0 unspecified atom stereocenters. The Balaban J connectivity index is 2.09. The third kappa shape index (κ3) is 14.8. The van der Waals surface area contributed by atoms with Crippen LogP contribution in [-0.4, -0.2) is 36.1 Å². The van der Waals surface area contributed by atoms with E-state index in [-0.39, 0.29) is 11.7 Å². The van der Waals surface area contributed by atoms with Crippen molar-refractivity contribution in [3.63, 3.8) is 0 Å². The fourth-order valence-corrected chi connectivity index (χ4v) is 6.34. The van der Waals surface area contributed by atoms with E-state index in [9.17, 15) is 9.90 Å². The van der Waals surface area contributed by atoms with Crippen LogP contribution in [0.1, 0.15) is 169 Å². The van der Waals surface area contributed by atoms with Gasteiger partial charge >= 0.3 is 0 Å². The molecular weight excluding hydrogens is 582 g/mol. The lowest BCUT2D eigenvalue weighted by molar-refractivity contribution is 0.0745. The highest BCUT2D eigenvalue weighted by Gasteiger charge is 2.26. The molecule has 0 radical (unpaired) electrons. The van der Waals surface area contributed by atoms with E-state index < -0.39 is 0 Å². The number of benzene rings is 2. The van der Waals surface area contributed by atoms with Gasteiger partial charge in [-0.3, -0.25) is 4.79 Å². The second-order valence-corrected chi connectivity index (χ2v) is 13.5. The fourth-order valence-electron chi connectivity index (χ4n) is 6.34. The minimum Gasteiger partial charge on any atom is -0.507 e. The molecule has 0 aliphatic heterocycles. The van der Waals surface area contributed by atoms with Crippen molar-refractivity contribution in [1.82, 2.24) is 4.90 Å². The molecule has 0 bridgehead atoms. The maximum absolute atomic E-state index is 14.2. The van der Waals surface area contributed by atoms with Crippen molar-refractivity contribution in [1.29, 1.82) is 0 Å². The van der Waals surface area contributed by atoms with Gasteiger partial charge in [0.05, 0.1) is 24.0 Å². The first-order valence-electron chi connectivity index (χ1n) is 19.0. The standard InChI is InChI=1S/C41H67N3O3/c1-7-9-11-13-15-17-19-21-23-25-31-44(32-26-24-22-20-18-16-14-12-10-8-2)41(46)38-35(5)39(33(3)34(4)40(38)45)43-42-36-27-29-37(47-6)30-28-36/h27-30,45H,7-26,31-32H2,1-6H3. The highest BCUT2D eigenvalue weighted by atomic mass is 16.5. The minimum absolute atomic E-state index is 0.0737. The van der Waals surface area contributed by atoms with Crippen molar-refractivity contribution in [2.75, 3.05) is 20.2 Å². The van der Waals surface area contributed by atoms with Crippen molar-refractivity contribution >= 4 is 17.3 Å². The predicted molar refractivity (Wildman–Crippen MR) is 199 cm³/mol. The smallest absolute Gasteiger partial charge is 0.257 e. The van der Waals surface area contributed by atoms with Gasteiger partial charge in [-0.05, 0) is 74.6 Å². The Kier molecular flexibility index (Phi) is 20.8. The number of azo groups is 1. The first kappa shape index (κ1) is 40.3. The monoisotopic (exact) mass is 650 g/mol. The number of unbranched alkanes of at least 4 members (excludes halogenated alkanes) is 18. The summed E-state index contributed by atoms with van der Waals surface area (Å²) in [5, 5.41) is 20.4. The van der Waals surface area contributed by atoms with E-state index in [1.807, 2.05) is 49.9 Å². The molecule has 0 spiro atoms. The number of phenols is 1. The lowest BCUT2D eigenvalue weighted by Crippen LogP contribution is -2.33. The molecule has 0 atom stereocenters. The molecular formula is C41H67N3O3. The second-order valence-electron chi connectivity index (χ2n) is 13.5. The van der Waals surface area contributed by atoms with Crippen molar-refractivity contribution in [3.8, 4) is 11.5 Å². The number of aromatic hydroxyl groups is 1. The summed E-state index contributed by atoms with van der Waals surface area (Å²) in [6.07, 6.45) is 25.3. The largest absolute Gasteiger partial charge is 0.507 e. The number of hydrogen-bond donors (Lipinski definition) is 1. The maximum atomic E-state index is 14.2. The van der Waals surface area contributed by atoms with Crippen LogP contribution in [0.2, 0.25) is 0 Å². The van der Waals surface area contributed by atoms with Crippen LogP contribution in [0, 0.1) is 20.8 Å². The Hall–Kier alpha value is -2.89. The van der Waals surface area contributed by atoms with Crippen LogP contribution in [0.5, 0.6) is 11.5 Å². The molecule has 0 aliphatic carbocycles. The summed E-state index contributed by atoms with van der Waals surface area (Å²) in [6, 6.07) is 7.41. The molecule has 2 aromatic rings. The number of hydrogen-bond acceptors (Lipinski definition) is 5. The summed E-state index contributed by atoms with van der Waals surface area (Å²) in [5.41, 5.74) is 3.93. The molecule has 0 aromatic heterocycles. The van der Waals surface area contributed by atoms with Gasteiger partial charge in [-0.15, -0.1) is 5.11 Å². The Labute approximate surface area is 287 Å². The Morgan fingerprint density at radius 1 is 0.617 bits per heavy atom. The molecule has 2 rings (SSSR count). The second kappa shape index (κ2) is 24.3. The Morgan fingerprint density at radius 3 is 1.47 bits per heavy atom. The van der Waals surface area contributed by atoms with Crippen molar-refractivity contribution < 1.29 is 14.6 Å². The maximum Gasteiger partial charge on any atom is 0.257 e.